The Balaban J connectivity index is 2.08. The standard InChI is InChI=1S/C14H20N4O3/c1-3-16(11(2)10-13(19)20)8-9-18-14(21)17-7-5-4-6-12(17)15-18/h4-7,11H,3,8-10H2,1-2H3,(H,19,20). The van der Waals surface area contributed by atoms with Crippen LogP contribution in [0.3, 0.4) is 0 Å². The third-order valence-electron chi connectivity index (χ3n) is 3.59. The van der Waals surface area contributed by atoms with Crippen molar-refractivity contribution in [3.8, 4) is 0 Å². The molecule has 2 heterocycles. The Morgan fingerprint density at radius 3 is 2.86 bits per heavy atom. The quantitative estimate of drug-likeness (QED) is 0.812. The Morgan fingerprint density at radius 1 is 1.48 bits per heavy atom. The minimum absolute atomic E-state index is 0.0692. The number of carbonyl (C=O) groups is 1. The zero-order valence-electron chi connectivity index (χ0n) is 12.3. The average Bonchev–Trinajstić information content (AvgIpc) is 2.76. The molecule has 0 aliphatic rings. The summed E-state index contributed by atoms with van der Waals surface area (Å²) >= 11 is 0. The van der Waals surface area contributed by atoms with E-state index in [1.807, 2.05) is 24.8 Å². The van der Waals surface area contributed by atoms with Crippen molar-refractivity contribution in [3.63, 3.8) is 0 Å². The maximum Gasteiger partial charge on any atom is 0.350 e. The van der Waals surface area contributed by atoms with Crippen LogP contribution in [-0.2, 0) is 11.3 Å². The number of nitrogens with zero attached hydrogens (tertiary/aromatic N) is 4. The highest BCUT2D eigenvalue weighted by molar-refractivity contribution is 5.67. The number of aromatic nitrogens is 3. The van der Waals surface area contributed by atoms with E-state index >= 15 is 0 Å². The topological polar surface area (TPSA) is 79.8 Å². The first-order chi connectivity index (χ1) is 10.0. The van der Waals surface area contributed by atoms with E-state index in [2.05, 4.69) is 5.10 Å². The van der Waals surface area contributed by atoms with E-state index in [0.717, 1.165) is 6.54 Å². The molecule has 7 nitrogen and oxygen atoms in total. The molecule has 2 rings (SSSR count). The van der Waals surface area contributed by atoms with Crippen molar-refractivity contribution < 1.29 is 9.90 Å². The molecule has 0 saturated carbocycles. The van der Waals surface area contributed by atoms with E-state index in [1.165, 1.54) is 9.08 Å². The van der Waals surface area contributed by atoms with Crippen LogP contribution in [0.5, 0.6) is 0 Å². The summed E-state index contributed by atoms with van der Waals surface area (Å²) in [5.41, 5.74) is 0.441. The van der Waals surface area contributed by atoms with Crippen LogP contribution in [0.2, 0.25) is 0 Å². The minimum Gasteiger partial charge on any atom is -0.481 e. The van der Waals surface area contributed by atoms with E-state index < -0.39 is 5.97 Å². The largest absolute Gasteiger partial charge is 0.481 e. The van der Waals surface area contributed by atoms with Gasteiger partial charge in [-0.15, -0.1) is 5.10 Å². The Bertz CT molecular complexity index is 676. The van der Waals surface area contributed by atoms with Gasteiger partial charge >= 0.3 is 11.7 Å². The van der Waals surface area contributed by atoms with Crippen molar-refractivity contribution in [3.05, 3.63) is 34.9 Å². The Labute approximate surface area is 122 Å². The van der Waals surface area contributed by atoms with E-state index in [0.29, 0.717) is 18.7 Å². The number of fused-ring (bicyclic) bond motifs is 1. The van der Waals surface area contributed by atoms with E-state index in [9.17, 15) is 9.59 Å². The summed E-state index contributed by atoms with van der Waals surface area (Å²) in [7, 11) is 0. The van der Waals surface area contributed by atoms with Gasteiger partial charge < -0.3 is 5.11 Å². The molecule has 7 heteroatoms. The first kappa shape index (κ1) is 15.2. The lowest BCUT2D eigenvalue weighted by Crippen LogP contribution is -2.38. The zero-order valence-corrected chi connectivity index (χ0v) is 12.3. The molecule has 1 unspecified atom stereocenters. The molecule has 114 valence electrons. The zero-order chi connectivity index (χ0) is 15.4. The first-order valence-electron chi connectivity index (χ1n) is 7.03. The highest BCUT2D eigenvalue weighted by atomic mass is 16.4. The SMILES string of the molecule is CCN(CCn1nc2ccccn2c1=O)C(C)CC(=O)O. The molecule has 0 aliphatic carbocycles. The molecule has 0 amide bonds. The molecule has 0 fully saturated rings. The molecule has 1 N–H and O–H groups in total. The molecular weight excluding hydrogens is 272 g/mol. The van der Waals surface area contributed by atoms with Crippen molar-refractivity contribution in [1.29, 1.82) is 0 Å². The molecule has 0 radical (unpaired) electrons. The molecule has 0 saturated heterocycles. The fourth-order valence-electron chi connectivity index (χ4n) is 2.41. The number of carboxylic acid groups (broad SMARTS) is 1. The highest BCUT2D eigenvalue weighted by Gasteiger charge is 2.16. The van der Waals surface area contributed by atoms with E-state index in [1.54, 1.807) is 18.3 Å². The van der Waals surface area contributed by atoms with Crippen LogP contribution >= 0.6 is 0 Å². The maximum absolute atomic E-state index is 12.1. The number of aliphatic carboxylic acids is 1. The Kier molecular flexibility index (Phi) is 4.74. The van der Waals surface area contributed by atoms with Gasteiger partial charge in [0.25, 0.3) is 0 Å². The van der Waals surface area contributed by atoms with Gasteiger partial charge in [-0.25, -0.2) is 9.48 Å². The smallest absolute Gasteiger partial charge is 0.350 e. The summed E-state index contributed by atoms with van der Waals surface area (Å²) in [6.07, 6.45) is 1.78. The fraction of sp³-hybridized carbons (Fsp3) is 0.500. The van der Waals surface area contributed by atoms with Crippen molar-refractivity contribution in [2.45, 2.75) is 32.9 Å². The summed E-state index contributed by atoms with van der Waals surface area (Å²) in [4.78, 5) is 24.9. The monoisotopic (exact) mass is 292 g/mol. The molecule has 0 spiro atoms. The van der Waals surface area contributed by atoms with E-state index in [-0.39, 0.29) is 18.2 Å². The van der Waals surface area contributed by atoms with Crippen LogP contribution in [0, 0.1) is 0 Å². The Morgan fingerprint density at radius 2 is 2.24 bits per heavy atom. The predicted octanol–water partition coefficient (Wildman–Crippen LogP) is 0.681. The first-order valence-corrected chi connectivity index (χ1v) is 7.03. The van der Waals surface area contributed by atoms with Gasteiger partial charge in [0, 0.05) is 18.8 Å². The van der Waals surface area contributed by atoms with Gasteiger partial charge in [0.1, 0.15) is 0 Å². The third kappa shape index (κ3) is 3.49. The second kappa shape index (κ2) is 6.53. The lowest BCUT2D eigenvalue weighted by molar-refractivity contribution is -0.138. The van der Waals surface area contributed by atoms with Gasteiger partial charge in [0.15, 0.2) is 5.65 Å². The number of rotatable bonds is 7. The van der Waals surface area contributed by atoms with E-state index in [4.69, 9.17) is 5.11 Å². The molecule has 1 atom stereocenters. The lowest BCUT2D eigenvalue weighted by atomic mass is 10.2. The van der Waals surface area contributed by atoms with Crippen molar-refractivity contribution in [1.82, 2.24) is 19.1 Å². The third-order valence-corrected chi connectivity index (χ3v) is 3.59. The van der Waals surface area contributed by atoms with Crippen LogP contribution in [0.1, 0.15) is 20.3 Å². The minimum atomic E-state index is -0.814. The second-order valence-electron chi connectivity index (χ2n) is 5.01. The fourth-order valence-corrected chi connectivity index (χ4v) is 2.41. The second-order valence-corrected chi connectivity index (χ2v) is 5.01. The molecule has 0 aliphatic heterocycles. The van der Waals surface area contributed by atoms with Gasteiger partial charge in [0.2, 0.25) is 0 Å². The summed E-state index contributed by atoms with van der Waals surface area (Å²) in [6, 6.07) is 5.33. The van der Waals surface area contributed by atoms with Crippen LogP contribution in [0.25, 0.3) is 5.65 Å². The van der Waals surface area contributed by atoms with Gasteiger partial charge in [-0.05, 0) is 25.6 Å². The average molecular weight is 292 g/mol. The van der Waals surface area contributed by atoms with Gasteiger partial charge in [0.05, 0.1) is 13.0 Å². The number of likely N-dealkylation sites (N-methyl/N-ethyl adjacent to an activating group) is 1. The number of pyridine rings is 1. The lowest BCUT2D eigenvalue weighted by Gasteiger charge is -2.26. The molecule has 2 aromatic rings. The van der Waals surface area contributed by atoms with Crippen molar-refractivity contribution in [2.24, 2.45) is 0 Å². The van der Waals surface area contributed by atoms with Crippen molar-refractivity contribution in [2.75, 3.05) is 13.1 Å². The maximum atomic E-state index is 12.1. The van der Waals surface area contributed by atoms with Crippen LogP contribution in [-0.4, -0.2) is 49.3 Å². The van der Waals surface area contributed by atoms with Crippen LogP contribution in [0.15, 0.2) is 29.2 Å². The number of hydrogen-bond donors (Lipinski definition) is 1. The van der Waals surface area contributed by atoms with Gasteiger partial charge in [-0.2, -0.15) is 0 Å². The normalized spacial score (nSPS) is 12.9. The molecule has 0 aromatic carbocycles. The highest BCUT2D eigenvalue weighted by Crippen LogP contribution is 2.04. The number of carboxylic acids is 1. The molecular formula is C14H20N4O3. The van der Waals surface area contributed by atoms with Gasteiger partial charge in [-0.3, -0.25) is 14.1 Å². The van der Waals surface area contributed by atoms with Gasteiger partial charge in [-0.1, -0.05) is 13.0 Å². The number of hydrogen-bond acceptors (Lipinski definition) is 4. The molecule has 2 aromatic heterocycles. The summed E-state index contributed by atoms with van der Waals surface area (Å²) in [5, 5.41) is 13.1. The molecule has 21 heavy (non-hydrogen) atoms. The summed E-state index contributed by atoms with van der Waals surface area (Å²) < 4.78 is 2.92. The molecule has 0 bridgehead atoms. The Hall–Kier alpha value is -2.15. The van der Waals surface area contributed by atoms with Crippen LogP contribution < -0.4 is 5.69 Å². The van der Waals surface area contributed by atoms with Crippen LogP contribution in [0.4, 0.5) is 0 Å². The predicted molar refractivity (Wildman–Crippen MR) is 78.4 cm³/mol. The summed E-state index contributed by atoms with van der Waals surface area (Å²) in [6.45, 7) is 5.62. The van der Waals surface area contributed by atoms with Crippen molar-refractivity contribution >= 4 is 11.6 Å². The summed E-state index contributed by atoms with van der Waals surface area (Å²) in [5.74, 6) is -0.814.